The maximum Gasteiger partial charge on any atom is 0.282 e. The van der Waals surface area contributed by atoms with Crippen molar-refractivity contribution >= 4 is 29.0 Å². The molecule has 0 unspecified atom stereocenters. The molecule has 0 spiro atoms. The first-order valence-electron chi connectivity index (χ1n) is 9.67. The Morgan fingerprint density at radius 2 is 1.71 bits per heavy atom. The van der Waals surface area contributed by atoms with Crippen molar-refractivity contribution in [1.29, 1.82) is 0 Å². The molecule has 9 heteroatoms. The molecule has 0 aliphatic carbocycles. The highest BCUT2D eigenvalue weighted by Crippen LogP contribution is 2.27. The molecule has 31 heavy (non-hydrogen) atoms. The summed E-state index contributed by atoms with van der Waals surface area (Å²) in [4.78, 5) is 12.3. The molecule has 2 heterocycles. The van der Waals surface area contributed by atoms with Crippen molar-refractivity contribution in [2.45, 2.75) is 38.3 Å². The van der Waals surface area contributed by atoms with Gasteiger partial charge in [0.2, 0.25) is 10.9 Å². The Morgan fingerprint density at radius 3 is 2.45 bits per heavy atom. The molecule has 1 amide bonds. The van der Waals surface area contributed by atoms with E-state index < -0.39 is 0 Å². The summed E-state index contributed by atoms with van der Waals surface area (Å²) in [5.74, 6) is 0.754. The van der Waals surface area contributed by atoms with Crippen LogP contribution in [0.15, 0.2) is 52.1 Å². The van der Waals surface area contributed by atoms with Crippen LogP contribution in [-0.4, -0.2) is 26.3 Å². The molecule has 0 aliphatic heterocycles. The smallest absolute Gasteiger partial charge is 0.282 e. The summed E-state index contributed by atoms with van der Waals surface area (Å²) in [6.07, 6.45) is 0. The third kappa shape index (κ3) is 5.56. The van der Waals surface area contributed by atoms with Gasteiger partial charge in [0, 0.05) is 12.1 Å². The van der Waals surface area contributed by atoms with Crippen molar-refractivity contribution in [1.82, 2.24) is 25.7 Å². The van der Waals surface area contributed by atoms with Crippen molar-refractivity contribution < 1.29 is 9.21 Å². The molecule has 4 rings (SSSR count). The topological polar surface area (TPSA) is 93.8 Å². The number of aryl methyl sites for hydroxylation is 3. The first-order valence-corrected chi connectivity index (χ1v) is 11.5. The second-order valence-corrected chi connectivity index (χ2v) is 9.20. The summed E-state index contributed by atoms with van der Waals surface area (Å²) in [7, 11) is 0. The second kappa shape index (κ2) is 9.40. The van der Waals surface area contributed by atoms with Crippen LogP contribution < -0.4 is 5.32 Å². The maximum absolute atomic E-state index is 12.3. The van der Waals surface area contributed by atoms with Crippen LogP contribution >= 0.6 is 23.1 Å². The van der Waals surface area contributed by atoms with Gasteiger partial charge in [-0.2, -0.15) is 0 Å². The Kier molecular flexibility index (Phi) is 6.43. The highest BCUT2D eigenvalue weighted by atomic mass is 32.2. The minimum absolute atomic E-state index is 0.232. The van der Waals surface area contributed by atoms with E-state index in [0.29, 0.717) is 28.4 Å². The van der Waals surface area contributed by atoms with Gasteiger partial charge >= 0.3 is 0 Å². The van der Waals surface area contributed by atoms with Gasteiger partial charge in [0.15, 0.2) is 0 Å². The minimum Gasteiger partial charge on any atom is -0.411 e. The fraction of sp³-hybridized carbons (Fsp3) is 0.227. The first kappa shape index (κ1) is 21.2. The average molecular weight is 452 g/mol. The number of nitrogens with zero attached hydrogens (tertiary/aromatic N) is 4. The zero-order valence-corrected chi connectivity index (χ0v) is 19.0. The number of thioether (sulfide) groups is 1. The van der Waals surface area contributed by atoms with Crippen LogP contribution in [0.25, 0.3) is 11.5 Å². The maximum atomic E-state index is 12.3. The van der Waals surface area contributed by atoms with E-state index in [4.69, 9.17) is 4.42 Å². The summed E-state index contributed by atoms with van der Waals surface area (Å²) in [6, 6.07) is 14.2. The monoisotopic (exact) mass is 451 g/mol. The quantitative estimate of drug-likeness (QED) is 0.406. The predicted molar refractivity (Wildman–Crippen MR) is 121 cm³/mol. The number of carbonyl (C=O) groups is 1. The average Bonchev–Trinajstić information content (AvgIpc) is 3.41. The van der Waals surface area contributed by atoms with Gasteiger partial charge in [-0.15, -0.1) is 20.4 Å². The van der Waals surface area contributed by atoms with Crippen LogP contribution in [0.5, 0.6) is 0 Å². The van der Waals surface area contributed by atoms with E-state index in [9.17, 15) is 4.79 Å². The summed E-state index contributed by atoms with van der Waals surface area (Å²) in [6.45, 7) is 6.55. The number of rotatable bonds is 7. The molecule has 0 radical (unpaired) electrons. The third-order valence-corrected chi connectivity index (χ3v) is 6.36. The van der Waals surface area contributed by atoms with Crippen LogP contribution in [0, 0.1) is 20.8 Å². The van der Waals surface area contributed by atoms with E-state index in [-0.39, 0.29) is 5.91 Å². The van der Waals surface area contributed by atoms with E-state index in [1.54, 1.807) is 0 Å². The van der Waals surface area contributed by atoms with Gasteiger partial charge in [0.1, 0.15) is 5.01 Å². The zero-order valence-electron chi connectivity index (χ0n) is 17.4. The van der Waals surface area contributed by atoms with E-state index in [2.05, 4.69) is 31.8 Å². The summed E-state index contributed by atoms with van der Waals surface area (Å²) in [5.41, 5.74) is 5.41. The van der Waals surface area contributed by atoms with Gasteiger partial charge in [-0.25, -0.2) is 0 Å². The zero-order chi connectivity index (χ0) is 21.8. The Bertz CT molecular complexity index is 1180. The number of amides is 1. The van der Waals surface area contributed by atoms with Crippen molar-refractivity contribution in [2.24, 2.45) is 0 Å². The highest BCUT2D eigenvalue weighted by molar-refractivity contribution is 7.98. The predicted octanol–water partition coefficient (Wildman–Crippen LogP) is 4.74. The SMILES string of the molecule is Cc1ccc(CNC(=O)c2nnc(CSc3nnc(-c4cc(C)cc(C)c4)o3)s2)cc1. The van der Waals surface area contributed by atoms with Crippen LogP contribution in [0.2, 0.25) is 0 Å². The van der Waals surface area contributed by atoms with Crippen LogP contribution in [0.3, 0.4) is 0 Å². The first-order chi connectivity index (χ1) is 15.0. The number of hydrogen-bond donors (Lipinski definition) is 1. The third-order valence-electron chi connectivity index (χ3n) is 4.43. The van der Waals surface area contributed by atoms with Crippen molar-refractivity contribution in [3.63, 3.8) is 0 Å². The molecule has 0 bridgehead atoms. The second-order valence-electron chi connectivity index (χ2n) is 7.21. The molecular weight excluding hydrogens is 430 g/mol. The van der Waals surface area contributed by atoms with Crippen LogP contribution in [0.1, 0.15) is 37.1 Å². The van der Waals surface area contributed by atoms with E-state index in [0.717, 1.165) is 27.3 Å². The molecule has 0 aliphatic rings. The van der Waals surface area contributed by atoms with E-state index >= 15 is 0 Å². The van der Waals surface area contributed by atoms with Gasteiger partial charge in [-0.3, -0.25) is 4.79 Å². The lowest BCUT2D eigenvalue weighted by atomic mass is 10.1. The highest BCUT2D eigenvalue weighted by Gasteiger charge is 2.15. The molecule has 1 N–H and O–H groups in total. The van der Waals surface area contributed by atoms with E-state index in [1.165, 1.54) is 28.7 Å². The van der Waals surface area contributed by atoms with Gasteiger partial charge in [-0.05, 0) is 38.5 Å². The Morgan fingerprint density at radius 1 is 0.968 bits per heavy atom. The van der Waals surface area contributed by atoms with E-state index in [1.807, 2.05) is 57.2 Å². The molecule has 158 valence electrons. The lowest BCUT2D eigenvalue weighted by Crippen LogP contribution is -2.22. The minimum atomic E-state index is -0.232. The normalized spacial score (nSPS) is 10.9. The lowest BCUT2D eigenvalue weighted by molar-refractivity contribution is 0.0950. The molecular formula is C22H21N5O2S2. The van der Waals surface area contributed by atoms with Crippen molar-refractivity contribution in [3.8, 4) is 11.5 Å². The lowest BCUT2D eigenvalue weighted by Gasteiger charge is -2.03. The molecule has 2 aromatic carbocycles. The molecule has 2 aromatic heterocycles. The largest absolute Gasteiger partial charge is 0.411 e. The Hall–Kier alpha value is -3.04. The van der Waals surface area contributed by atoms with Crippen LogP contribution in [-0.2, 0) is 12.3 Å². The van der Waals surface area contributed by atoms with Gasteiger partial charge in [-0.1, -0.05) is 70.1 Å². The fourth-order valence-corrected chi connectivity index (χ4v) is 4.48. The van der Waals surface area contributed by atoms with Gasteiger partial charge in [0.05, 0.1) is 5.75 Å². The molecule has 0 saturated carbocycles. The van der Waals surface area contributed by atoms with Crippen LogP contribution in [0.4, 0.5) is 0 Å². The summed E-state index contributed by atoms with van der Waals surface area (Å²) in [5, 5.41) is 20.7. The summed E-state index contributed by atoms with van der Waals surface area (Å²) >= 11 is 2.63. The number of benzene rings is 2. The standard InChI is InChI=1S/C22H21N5O2S2/c1-13-4-6-16(7-5-13)11-23-19(28)21-26-24-18(31-21)12-30-22-27-25-20(29-22)17-9-14(2)8-15(3)10-17/h4-10H,11-12H2,1-3H3,(H,23,28). The van der Waals surface area contributed by atoms with Crippen molar-refractivity contribution in [3.05, 3.63) is 74.7 Å². The molecule has 4 aromatic rings. The number of carbonyl (C=O) groups excluding carboxylic acids is 1. The molecule has 7 nitrogen and oxygen atoms in total. The number of nitrogens with one attached hydrogen (secondary N) is 1. The van der Waals surface area contributed by atoms with Gasteiger partial charge < -0.3 is 9.73 Å². The molecule has 0 saturated heterocycles. The molecule has 0 atom stereocenters. The number of hydrogen-bond acceptors (Lipinski definition) is 8. The Balaban J connectivity index is 1.32. The van der Waals surface area contributed by atoms with Crippen molar-refractivity contribution in [2.75, 3.05) is 0 Å². The van der Waals surface area contributed by atoms with Gasteiger partial charge in [0.25, 0.3) is 11.1 Å². The number of aromatic nitrogens is 4. The Labute approximate surface area is 188 Å². The molecule has 0 fully saturated rings. The summed E-state index contributed by atoms with van der Waals surface area (Å²) < 4.78 is 5.77. The fourth-order valence-electron chi connectivity index (χ4n) is 2.97.